The lowest BCUT2D eigenvalue weighted by Crippen LogP contribution is -2.25. The molecule has 0 aliphatic heterocycles. The first kappa shape index (κ1) is 27.2. The molecule has 14 heteroatoms. The number of para-hydroxylation sites is 1. The fraction of sp³-hybridized carbons (Fsp3) is 0.192. The van der Waals surface area contributed by atoms with Crippen LogP contribution in [0.2, 0.25) is 5.15 Å². The lowest BCUT2D eigenvalue weighted by atomic mass is 10.2. The molecule has 4 heterocycles. The highest BCUT2D eigenvalue weighted by molar-refractivity contribution is 7.89. The fourth-order valence-corrected chi connectivity index (χ4v) is 5.50. The van der Waals surface area contributed by atoms with Crippen molar-refractivity contribution in [2.75, 3.05) is 20.8 Å². The molecule has 0 amide bonds. The fourth-order valence-electron chi connectivity index (χ4n) is 4.25. The summed E-state index contributed by atoms with van der Waals surface area (Å²) in [6.07, 6.45) is 1.45. The highest BCUT2D eigenvalue weighted by atomic mass is 35.5. The number of benzene rings is 1. The van der Waals surface area contributed by atoms with E-state index in [4.69, 9.17) is 31.0 Å². The van der Waals surface area contributed by atoms with Crippen molar-refractivity contribution in [2.45, 2.75) is 12.2 Å². The summed E-state index contributed by atoms with van der Waals surface area (Å²) in [6, 6.07) is 15.3. The first-order valence-electron chi connectivity index (χ1n) is 12.0. The monoisotopic (exact) mass is 581 g/mol. The Labute approximate surface area is 234 Å². The van der Waals surface area contributed by atoms with Gasteiger partial charge in [-0.25, -0.2) is 33.5 Å². The number of rotatable bonds is 9. The molecule has 0 saturated heterocycles. The molecule has 40 heavy (non-hydrogen) atoms. The molecule has 0 bridgehead atoms. The van der Waals surface area contributed by atoms with E-state index in [-0.39, 0.29) is 27.8 Å². The standard InChI is InChI=1S/C26H24ClN7O5S/c1-4-39-19-13-7-10-16(30-19)25-33-24-26(34(25)21-17(37-2)11-8-12-18(21)38-3)31-20(23(27)32-24)22(40(28,35)36)15-9-5-6-14-29-15/h5-14,22H,4H2,1-3H3,(H2,28,35,36). The van der Waals surface area contributed by atoms with E-state index in [1.54, 1.807) is 53.1 Å². The van der Waals surface area contributed by atoms with Crippen LogP contribution in [-0.4, -0.2) is 58.7 Å². The molecule has 0 aliphatic carbocycles. The predicted molar refractivity (Wildman–Crippen MR) is 148 cm³/mol. The minimum atomic E-state index is -4.28. The lowest BCUT2D eigenvalue weighted by molar-refractivity contribution is 0.327. The molecule has 1 aromatic carbocycles. The first-order valence-corrected chi connectivity index (χ1v) is 14.0. The first-order chi connectivity index (χ1) is 19.3. The van der Waals surface area contributed by atoms with Crippen LogP contribution < -0.4 is 19.3 Å². The van der Waals surface area contributed by atoms with Crippen LogP contribution in [0.25, 0.3) is 28.5 Å². The number of ether oxygens (including phenoxy) is 3. The van der Waals surface area contributed by atoms with Crippen LogP contribution in [0.4, 0.5) is 0 Å². The molecule has 0 fully saturated rings. The van der Waals surface area contributed by atoms with Gasteiger partial charge in [0.2, 0.25) is 15.9 Å². The van der Waals surface area contributed by atoms with Crippen LogP contribution >= 0.6 is 11.6 Å². The number of hydrogen-bond acceptors (Lipinski definition) is 10. The average Bonchev–Trinajstić information content (AvgIpc) is 3.30. The Morgan fingerprint density at radius 2 is 1.68 bits per heavy atom. The number of fused-ring (bicyclic) bond motifs is 1. The summed E-state index contributed by atoms with van der Waals surface area (Å²) in [4.78, 5) is 22.6. The highest BCUT2D eigenvalue weighted by Crippen LogP contribution is 2.39. The van der Waals surface area contributed by atoms with Gasteiger partial charge in [0.1, 0.15) is 28.6 Å². The van der Waals surface area contributed by atoms with Gasteiger partial charge in [0.15, 0.2) is 27.5 Å². The van der Waals surface area contributed by atoms with Crippen LogP contribution in [0.5, 0.6) is 17.4 Å². The van der Waals surface area contributed by atoms with Crippen LogP contribution in [0.1, 0.15) is 23.6 Å². The lowest BCUT2D eigenvalue weighted by Gasteiger charge is -2.17. The van der Waals surface area contributed by atoms with E-state index in [9.17, 15) is 8.42 Å². The molecule has 1 atom stereocenters. The van der Waals surface area contributed by atoms with E-state index in [0.29, 0.717) is 41.2 Å². The van der Waals surface area contributed by atoms with E-state index >= 15 is 0 Å². The minimum absolute atomic E-state index is 0.118. The Hall–Kier alpha value is -4.33. The second-order valence-electron chi connectivity index (χ2n) is 8.35. The van der Waals surface area contributed by atoms with Crippen molar-refractivity contribution in [1.82, 2.24) is 29.5 Å². The Bertz CT molecular complexity index is 1780. The van der Waals surface area contributed by atoms with Crippen LogP contribution in [0.3, 0.4) is 0 Å². The van der Waals surface area contributed by atoms with Gasteiger partial charge < -0.3 is 14.2 Å². The van der Waals surface area contributed by atoms with Gasteiger partial charge in [-0.3, -0.25) is 9.55 Å². The summed E-state index contributed by atoms with van der Waals surface area (Å²) in [5, 5.41) is 3.96. The quantitative estimate of drug-likeness (QED) is 0.272. The molecule has 0 radical (unpaired) electrons. The number of primary sulfonamides is 1. The third-order valence-corrected chi connectivity index (χ3v) is 7.28. The average molecular weight is 582 g/mol. The number of pyridine rings is 2. The van der Waals surface area contributed by atoms with Crippen molar-refractivity contribution in [3.8, 4) is 34.6 Å². The summed E-state index contributed by atoms with van der Waals surface area (Å²) >= 11 is 6.54. The Morgan fingerprint density at radius 3 is 2.30 bits per heavy atom. The second kappa shape index (κ2) is 11.0. The van der Waals surface area contributed by atoms with E-state index in [1.165, 1.54) is 26.5 Å². The van der Waals surface area contributed by atoms with Crippen LogP contribution in [0, 0.1) is 0 Å². The molecule has 0 spiro atoms. The zero-order valence-electron chi connectivity index (χ0n) is 21.6. The van der Waals surface area contributed by atoms with Crippen molar-refractivity contribution in [2.24, 2.45) is 5.14 Å². The van der Waals surface area contributed by atoms with Gasteiger partial charge in [-0.05, 0) is 37.3 Å². The molecular formula is C26H24ClN7O5S. The number of aromatic nitrogens is 6. The summed E-state index contributed by atoms with van der Waals surface area (Å²) in [7, 11) is -1.26. The number of imidazole rings is 1. The van der Waals surface area contributed by atoms with Crippen molar-refractivity contribution >= 4 is 32.9 Å². The van der Waals surface area contributed by atoms with Gasteiger partial charge in [0.25, 0.3) is 0 Å². The summed E-state index contributed by atoms with van der Waals surface area (Å²) in [5.41, 5.74) is 1.14. The summed E-state index contributed by atoms with van der Waals surface area (Å²) in [5.74, 6) is 1.53. The largest absolute Gasteiger partial charge is 0.494 e. The number of methoxy groups -OCH3 is 2. The van der Waals surface area contributed by atoms with E-state index in [0.717, 1.165) is 0 Å². The van der Waals surface area contributed by atoms with Crippen molar-refractivity contribution < 1.29 is 22.6 Å². The molecule has 4 aromatic heterocycles. The van der Waals surface area contributed by atoms with Crippen LogP contribution in [0.15, 0.2) is 60.8 Å². The predicted octanol–water partition coefficient (Wildman–Crippen LogP) is 3.72. The number of hydrogen-bond donors (Lipinski definition) is 1. The molecule has 12 nitrogen and oxygen atoms in total. The van der Waals surface area contributed by atoms with Crippen molar-refractivity contribution in [3.63, 3.8) is 0 Å². The normalized spacial score (nSPS) is 12.3. The molecule has 206 valence electrons. The Kier molecular flexibility index (Phi) is 7.52. The highest BCUT2D eigenvalue weighted by Gasteiger charge is 2.33. The number of nitrogens with zero attached hydrogens (tertiary/aromatic N) is 6. The van der Waals surface area contributed by atoms with Gasteiger partial charge in [-0.15, -0.1) is 0 Å². The zero-order chi connectivity index (χ0) is 28.4. The number of nitrogens with two attached hydrogens (primary N) is 1. The van der Waals surface area contributed by atoms with Gasteiger partial charge >= 0.3 is 0 Å². The molecule has 5 aromatic rings. The Morgan fingerprint density at radius 1 is 0.950 bits per heavy atom. The smallest absolute Gasteiger partial charge is 0.223 e. The Balaban J connectivity index is 1.88. The van der Waals surface area contributed by atoms with Gasteiger partial charge in [0, 0.05) is 12.3 Å². The van der Waals surface area contributed by atoms with Crippen LogP contribution in [-0.2, 0) is 10.0 Å². The third kappa shape index (κ3) is 5.01. The molecule has 1 unspecified atom stereocenters. The van der Waals surface area contributed by atoms with Gasteiger partial charge in [0.05, 0.1) is 26.5 Å². The number of halogens is 1. The topological polar surface area (TPSA) is 157 Å². The molecule has 0 aliphatic rings. The van der Waals surface area contributed by atoms with E-state index in [1.807, 2.05) is 6.92 Å². The zero-order valence-corrected chi connectivity index (χ0v) is 23.2. The summed E-state index contributed by atoms with van der Waals surface area (Å²) in [6.45, 7) is 2.27. The maximum Gasteiger partial charge on any atom is 0.223 e. The van der Waals surface area contributed by atoms with Gasteiger partial charge in [-0.2, -0.15) is 0 Å². The minimum Gasteiger partial charge on any atom is -0.494 e. The maximum absolute atomic E-state index is 12.8. The SMILES string of the molecule is CCOc1cccc(-c2nc3nc(Cl)c(C(c4ccccn4)S(N)(=O)=O)nc3n2-c2c(OC)cccc2OC)n1. The van der Waals surface area contributed by atoms with Gasteiger partial charge in [-0.1, -0.05) is 29.8 Å². The second-order valence-corrected chi connectivity index (χ2v) is 10.4. The number of sulfonamides is 1. The van der Waals surface area contributed by atoms with Crippen molar-refractivity contribution in [1.29, 1.82) is 0 Å². The van der Waals surface area contributed by atoms with E-state index < -0.39 is 15.3 Å². The molecular weight excluding hydrogens is 558 g/mol. The van der Waals surface area contributed by atoms with Crippen molar-refractivity contribution in [3.05, 3.63) is 77.3 Å². The maximum atomic E-state index is 12.8. The third-order valence-electron chi connectivity index (χ3n) is 5.88. The molecule has 0 saturated carbocycles. The summed E-state index contributed by atoms with van der Waals surface area (Å²) < 4.78 is 44.2. The molecule has 5 rings (SSSR count). The van der Waals surface area contributed by atoms with E-state index in [2.05, 4.69) is 24.9 Å². The molecule has 2 N–H and O–H groups in total.